The van der Waals surface area contributed by atoms with Crippen LogP contribution in [0.15, 0.2) is 54.4 Å². The van der Waals surface area contributed by atoms with Gasteiger partial charge in [0.05, 0.1) is 11.5 Å². The number of hydrogen-bond acceptors (Lipinski definition) is 4. The molecule has 1 fully saturated rings. The van der Waals surface area contributed by atoms with E-state index in [1.807, 2.05) is 33.9 Å². The second-order valence-corrected chi connectivity index (χ2v) is 14.1. The third-order valence-corrected chi connectivity index (χ3v) is 11.4. The fourth-order valence-corrected chi connectivity index (χ4v) is 8.15. The summed E-state index contributed by atoms with van der Waals surface area (Å²) in [6, 6.07) is 16.7. The van der Waals surface area contributed by atoms with Crippen LogP contribution in [-0.4, -0.2) is 15.9 Å². The molecule has 0 unspecified atom stereocenters. The van der Waals surface area contributed by atoms with Crippen LogP contribution in [0.2, 0.25) is 0 Å². The molecule has 3 aliphatic carbocycles. The van der Waals surface area contributed by atoms with Crippen LogP contribution < -0.4 is 4.74 Å². The van der Waals surface area contributed by atoms with Crippen LogP contribution in [0.3, 0.4) is 0 Å². The molecule has 1 radical (unpaired) electrons. The van der Waals surface area contributed by atoms with Gasteiger partial charge in [0.1, 0.15) is 5.75 Å². The van der Waals surface area contributed by atoms with Crippen molar-refractivity contribution in [1.82, 2.24) is 4.98 Å². The number of carbonyl (C=O) groups is 1. The number of ether oxygens (including phenoxy) is 1. The summed E-state index contributed by atoms with van der Waals surface area (Å²) in [7, 11) is 0. The Hall–Kier alpha value is -3.01. The number of hydrogen-bond donors (Lipinski definition) is 1. The largest absolute Gasteiger partial charge is 0.512 e. The minimum atomic E-state index is 0. The Morgan fingerprint density at radius 3 is 2.24 bits per heavy atom. The van der Waals surface area contributed by atoms with Crippen molar-refractivity contribution in [3.63, 3.8) is 0 Å². The normalized spacial score (nSPS) is 20.9. The summed E-state index contributed by atoms with van der Waals surface area (Å²) in [5, 5.41) is 14.5. The molecular weight excluding hydrogens is 747 g/mol. The first-order chi connectivity index (χ1) is 21.6. The maximum atomic E-state index is 11.7. The number of aryl methyl sites for hydroxylation is 1. The minimum Gasteiger partial charge on any atom is -0.512 e. The van der Waals surface area contributed by atoms with Crippen molar-refractivity contribution in [1.29, 1.82) is 0 Å². The van der Waals surface area contributed by atoms with Gasteiger partial charge in [-0.15, -0.1) is 17.5 Å². The molecule has 245 valence electrons. The van der Waals surface area contributed by atoms with Crippen molar-refractivity contribution < 1.29 is 34.7 Å². The number of allylic oxidation sites excluding steroid dienone is 2. The van der Waals surface area contributed by atoms with E-state index in [0.717, 1.165) is 53.8 Å². The van der Waals surface area contributed by atoms with Crippen molar-refractivity contribution >= 4 is 27.3 Å². The van der Waals surface area contributed by atoms with E-state index < -0.39 is 0 Å². The molecule has 2 bridgehead atoms. The number of benzene rings is 3. The van der Waals surface area contributed by atoms with Crippen LogP contribution in [0.25, 0.3) is 32.8 Å². The van der Waals surface area contributed by atoms with Gasteiger partial charge in [-0.25, -0.2) is 0 Å². The van der Waals surface area contributed by atoms with E-state index in [4.69, 9.17) is 9.72 Å². The second-order valence-electron chi connectivity index (χ2n) is 14.1. The quantitative estimate of drug-likeness (QED) is 0.101. The summed E-state index contributed by atoms with van der Waals surface area (Å²) in [5.41, 5.74) is 6.61. The summed E-state index contributed by atoms with van der Waals surface area (Å²) in [5.74, 6) is 2.55. The Labute approximate surface area is 288 Å². The maximum Gasteiger partial charge on any atom is 0.162 e. The molecule has 4 aliphatic rings. The van der Waals surface area contributed by atoms with E-state index in [9.17, 15) is 9.90 Å². The Balaban J connectivity index is 0.000000225. The molecule has 46 heavy (non-hydrogen) atoms. The smallest absolute Gasteiger partial charge is 0.162 e. The average molecular weight is 795 g/mol. The SMILES string of the molecule is CCC(CC)C(=O)/C=C(\O)C(CC)CC.Cc1c2c([c-]c3ccccc13)-c1nccc3cc4c(c(c13)O2)C1(C)CCC4(C)CC1.[Ir]. The van der Waals surface area contributed by atoms with Crippen molar-refractivity contribution in [2.75, 3.05) is 0 Å². The summed E-state index contributed by atoms with van der Waals surface area (Å²) in [4.78, 5) is 16.6. The second kappa shape index (κ2) is 13.2. The van der Waals surface area contributed by atoms with Crippen LogP contribution in [0.4, 0.5) is 0 Å². The molecule has 1 aromatic heterocycles. The molecule has 1 saturated carbocycles. The number of aromatic nitrogens is 1. The zero-order valence-corrected chi connectivity index (χ0v) is 30.9. The third-order valence-electron chi connectivity index (χ3n) is 11.4. The molecule has 0 amide bonds. The molecule has 0 spiro atoms. The van der Waals surface area contributed by atoms with Crippen molar-refractivity contribution in [3.8, 4) is 22.8 Å². The van der Waals surface area contributed by atoms with E-state index in [1.54, 1.807) is 0 Å². The predicted octanol–water partition coefficient (Wildman–Crippen LogP) is 11.2. The number of aliphatic hydroxyl groups excluding tert-OH is 1. The number of aliphatic hydroxyl groups is 1. The van der Waals surface area contributed by atoms with E-state index >= 15 is 0 Å². The van der Waals surface area contributed by atoms with Gasteiger partial charge in [0.2, 0.25) is 0 Å². The first kappa shape index (κ1) is 34.3. The number of nitrogens with zero attached hydrogens (tertiary/aromatic N) is 1. The Morgan fingerprint density at radius 1 is 0.957 bits per heavy atom. The molecule has 4 nitrogen and oxygen atoms in total. The van der Waals surface area contributed by atoms with E-state index in [-0.39, 0.29) is 54.3 Å². The maximum absolute atomic E-state index is 11.7. The Kier molecular flexibility index (Phi) is 9.88. The summed E-state index contributed by atoms with van der Waals surface area (Å²) >= 11 is 0. The summed E-state index contributed by atoms with van der Waals surface area (Å²) in [6.45, 7) is 15.1. The van der Waals surface area contributed by atoms with Crippen molar-refractivity contribution in [2.45, 2.75) is 111 Å². The van der Waals surface area contributed by atoms with Gasteiger partial charge in [0.25, 0.3) is 0 Å². The molecule has 3 aromatic carbocycles. The van der Waals surface area contributed by atoms with Gasteiger partial charge in [-0.3, -0.25) is 9.78 Å². The molecule has 4 aromatic rings. The molecule has 1 aliphatic heterocycles. The van der Waals surface area contributed by atoms with Gasteiger partial charge in [0.15, 0.2) is 5.78 Å². The van der Waals surface area contributed by atoms with Gasteiger partial charge >= 0.3 is 0 Å². The zero-order valence-electron chi connectivity index (χ0n) is 28.5. The standard InChI is InChI=1S/C28H24NO.C13H24O2.Ir/c1-16-19-7-5-4-6-17(19)14-20-24-22-18(8-13-29-24)15-21-23(26(22)30-25(16)20)28(3)11-9-27(21,2)10-12-28;1-5-10(6-2)12(14)9-13(15)11(7-3)8-4;/h4-8,13,15H,9-12H2,1-3H3;9-11,14H,5-8H2,1-4H3;/q-1;;/b;12-9-;. The molecule has 2 heterocycles. The number of fused-ring (bicyclic) bond motifs is 5. The van der Waals surface area contributed by atoms with E-state index in [2.05, 4.69) is 63.2 Å². The monoisotopic (exact) mass is 795 g/mol. The predicted molar refractivity (Wildman–Crippen MR) is 185 cm³/mol. The first-order valence-corrected chi connectivity index (χ1v) is 17.1. The van der Waals surface area contributed by atoms with Crippen LogP contribution in [0.5, 0.6) is 11.5 Å². The van der Waals surface area contributed by atoms with E-state index in [0.29, 0.717) is 0 Å². The number of ketones is 1. The van der Waals surface area contributed by atoms with E-state index in [1.165, 1.54) is 64.6 Å². The molecule has 5 heteroatoms. The van der Waals surface area contributed by atoms with Gasteiger partial charge < -0.3 is 9.84 Å². The van der Waals surface area contributed by atoms with Gasteiger partial charge in [-0.2, -0.15) is 0 Å². The van der Waals surface area contributed by atoms with Crippen LogP contribution in [0, 0.1) is 24.8 Å². The van der Waals surface area contributed by atoms with Gasteiger partial charge in [0, 0.05) is 60.9 Å². The van der Waals surface area contributed by atoms with Crippen molar-refractivity contribution in [2.24, 2.45) is 11.8 Å². The summed E-state index contributed by atoms with van der Waals surface area (Å²) < 4.78 is 6.88. The number of pyridine rings is 1. The molecule has 8 rings (SSSR count). The molecule has 1 N–H and O–H groups in total. The topological polar surface area (TPSA) is 59.4 Å². The molecule has 0 saturated heterocycles. The third kappa shape index (κ3) is 5.62. The fraction of sp³-hybridized carbons (Fsp3) is 0.463. The summed E-state index contributed by atoms with van der Waals surface area (Å²) in [6.07, 6.45) is 11.9. The van der Waals surface area contributed by atoms with Crippen molar-refractivity contribution in [3.05, 3.63) is 77.2 Å². The minimum absolute atomic E-state index is 0. The Morgan fingerprint density at radius 2 is 1.59 bits per heavy atom. The molecule has 0 atom stereocenters. The zero-order chi connectivity index (χ0) is 32.1. The number of carbonyl (C=O) groups excluding carboxylic acids is 1. The number of rotatable bonds is 7. The van der Waals surface area contributed by atoms with Crippen LogP contribution in [-0.2, 0) is 35.7 Å². The van der Waals surface area contributed by atoms with Crippen LogP contribution in [0.1, 0.15) is 110 Å². The van der Waals surface area contributed by atoms with Gasteiger partial charge in [-0.05, 0) is 86.1 Å². The average Bonchev–Trinajstić information content (AvgIpc) is 3.04. The van der Waals surface area contributed by atoms with Gasteiger partial charge in [-0.1, -0.05) is 82.3 Å². The molecular formula is C41H48IrNO3-. The van der Waals surface area contributed by atoms with Crippen LogP contribution >= 0.6 is 0 Å². The fourth-order valence-electron chi connectivity index (χ4n) is 8.15. The Bertz CT molecular complexity index is 1810. The first-order valence-electron chi connectivity index (χ1n) is 17.1.